The van der Waals surface area contributed by atoms with E-state index in [0.717, 1.165) is 30.1 Å². The van der Waals surface area contributed by atoms with Gasteiger partial charge in [0.05, 0.1) is 24.8 Å². The van der Waals surface area contributed by atoms with Gasteiger partial charge in [0, 0.05) is 12.5 Å². The molecular formula is C15H19N5. The van der Waals surface area contributed by atoms with Crippen molar-refractivity contribution in [1.82, 2.24) is 19.1 Å². The number of imidazole rings is 2. The van der Waals surface area contributed by atoms with Crippen LogP contribution in [0.5, 0.6) is 0 Å². The van der Waals surface area contributed by atoms with Crippen LogP contribution < -0.4 is 5.73 Å². The molecule has 20 heavy (non-hydrogen) atoms. The molecule has 2 heterocycles. The highest BCUT2D eigenvalue weighted by Gasteiger charge is 2.27. The number of aromatic nitrogens is 4. The van der Waals surface area contributed by atoms with Gasteiger partial charge in [0.25, 0.3) is 0 Å². The fourth-order valence-electron chi connectivity index (χ4n) is 2.52. The number of nitrogens with two attached hydrogens (primary N) is 1. The lowest BCUT2D eigenvalue weighted by Crippen LogP contribution is -2.06. The molecule has 3 rings (SSSR count). The molecule has 0 atom stereocenters. The van der Waals surface area contributed by atoms with Crippen molar-refractivity contribution in [2.24, 2.45) is 0 Å². The fraction of sp³-hybridized carbons (Fsp3) is 0.467. The van der Waals surface area contributed by atoms with Crippen LogP contribution >= 0.6 is 0 Å². The van der Waals surface area contributed by atoms with Crippen LogP contribution in [0.15, 0.2) is 12.5 Å². The lowest BCUT2D eigenvalue weighted by Gasteiger charge is -2.06. The lowest BCUT2D eigenvalue weighted by molar-refractivity contribution is 0.732. The van der Waals surface area contributed by atoms with Gasteiger partial charge in [-0.15, -0.1) is 6.42 Å². The highest BCUT2D eigenvalue weighted by Crippen LogP contribution is 2.39. The van der Waals surface area contributed by atoms with Gasteiger partial charge in [0.1, 0.15) is 17.3 Å². The summed E-state index contributed by atoms with van der Waals surface area (Å²) in [5, 5.41) is 0. The molecular weight excluding hydrogens is 250 g/mol. The van der Waals surface area contributed by atoms with Gasteiger partial charge < -0.3 is 14.9 Å². The first-order chi connectivity index (χ1) is 9.76. The van der Waals surface area contributed by atoms with Crippen molar-refractivity contribution >= 4 is 5.82 Å². The van der Waals surface area contributed by atoms with Crippen LogP contribution in [0.3, 0.4) is 0 Å². The van der Waals surface area contributed by atoms with E-state index >= 15 is 0 Å². The van der Waals surface area contributed by atoms with Gasteiger partial charge in [-0.3, -0.25) is 0 Å². The molecule has 0 aromatic carbocycles. The van der Waals surface area contributed by atoms with E-state index in [4.69, 9.17) is 17.1 Å². The Morgan fingerprint density at radius 1 is 1.50 bits per heavy atom. The first-order valence-corrected chi connectivity index (χ1v) is 7.06. The van der Waals surface area contributed by atoms with Crippen LogP contribution in [0.4, 0.5) is 5.82 Å². The average molecular weight is 269 g/mol. The minimum Gasteiger partial charge on any atom is -0.383 e. The van der Waals surface area contributed by atoms with Crippen LogP contribution in [-0.2, 0) is 13.0 Å². The summed E-state index contributed by atoms with van der Waals surface area (Å²) in [7, 11) is 0. The standard InChI is InChI=1S/C15H19N5/c1-3-5-13-18-14(15(16)19(13)8-4-2)12-9-17-10-20(12)11-6-7-11/h2,9-11H,3,5-8,16H2,1H3. The average Bonchev–Trinajstić information content (AvgIpc) is 3.10. The molecule has 5 heteroatoms. The lowest BCUT2D eigenvalue weighted by atomic mass is 10.3. The van der Waals surface area contributed by atoms with Gasteiger partial charge in [0.15, 0.2) is 0 Å². The summed E-state index contributed by atoms with van der Waals surface area (Å²) in [5.41, 5.74) is 8.08. The summed E-state index contributed by atoms with van der Waals surface area (Å²) in [6, 6.07) is 0.555. The number of hydrogen-bond acceptors (Lipinski definition) is 3. The van der Waals surface area contributed by atoms with Crippen molar-refractivity contribution in [2.45, 2.75) is 45.2 Å². The second-order valence-corrected chi connectivity index (χ2v) is 5.22. The van der Waals surface area contributed by atoms with E-state index in [1.54, 1.807) is 0 Å². The number of nitrogens with zero attached hydrogens (tertiary/aromatic N) is 4. The van der Waals surface area contributed by atoms with Crippen molar-refractivity contribution in [2.75, 3.05) is 5.73 Å². The third-order valence-electron chi connectivity index (χ3n) is 3.66. The van der Waals surface area contributed by atoms with Crippen molar-refractivity contribution in [3.05, 3.63) is 18.3 Å². The molecule has 1 aliphatic rings. The Kier molecular flexibility index (Phi) is 3.23. The normalized spacial score (nSPS) is 14.4. The number of aryl methyl sites for hydroxylation is 1. The van der Waals surface area contributed by atoms with E-state index < -0.39 is 0 Å². The van der Waals surface area contributed by atoms with Crippen molar-refractivity contribution in [1.29, 1.82) is 0 Å². The summed E-state index contributed by atoms with van der Waals surface area (Å²) < 4.78 is 4.11. The molecule has 0 amide bonds. The quantitative estimate of drug-likeness (QED) is 0.847. The van der Waals surface area contributed by atoms with Crippen LogP contribution in [0.1, 0.15) is 38.1 Å². The molecule has 1 saturated carbocycles. The minimum atomic E-state index is 0.464. The maximum atomic E-state index is 6.26. The van der Waals surface area contributed by atoms with Crippen molar-refractivity contribution in [3.8, 4) is 23.7 Å². The Morgan fingerprint density at radius 2 is 2.30 bits per heavy atom. The van der Waals surface area contributed by atoms with Gasteiger partial charge in [-0.05, 0) is 19.3 Å². The van der Waals surface area contributed by atoms with E-state index in [2.05, 4.69) is 22.4 Å². The van der Waals surface area contributed by atoms with Gasteiger partial charge in [-0.25, -0.2) is 9.97 Å². The Bertz CT molecular complexity index is 654. The van der Waals surface area contributed by atoms with E-state index in [9.17, 15) is 0 Å². The molecule has 1 aliphatic carbocycles. The molecule has 0 spiro atoms. The summed E-state index contributed by atoms with van der Waals surface area (Å²) in [4.78, 5) is 8.96. The molecule has 0 bridgehead atoms. The molecule has 104 valence electrons. The number of terminal acetylenes is 1. The zero-order valence-corrected chi connectivity index (χ0v) is 11.7. The van der Waals surface area contributed by atoms with Crippen LogP contribution in [0.2, 0.25) is 0 Å². The topological polar surface area (TPSA) is 61.7 Å². The molecule has 2 aromatic rings. The molecule has 0 radical (unpaired) electrons. The van der Waals surface area contributed by atoms with Gasteiger partial charge in [0.2, 0.25) is 0 Å². The molecule has 0 aliphatic heterocycles. The number of nitrogen functional groups attached to an aromatic ring is 1. The Hall–Kier alpha value is -2.22. The van der Waals surface area contributed by atoms with Gasteiger partial charge in [-0.1, -0.05) is 12.8 Å². The Morgan fingerprint density at radius 3 is 2.95 bits per heavy atom. The first-order valence-electron chi connectivity index (χ1n) is 7.06. The zero-order chi connectivity index (χ0) is 14.1. The minimum absolute atomic E-state index is 0.464. The van der Waals surface area contributed by atoms with Gasteiger partial charge >= 0.3 is 0 Å². The molecule has 5 nitrogen and oxygen atoms in total. The number of rotatable bonds is 5. The number of hydrogen-bond donors (Lipinski definition) is 1. The third-order valence-corrected chi connectivity index (χ3v) is 3.66. The Labute approximate surface area is 118 Å². The van der Waals surface area contributed by atoms with E-state index in [1.165, 1.54) is 12.8 Å². The van der Waals surface area contributed by atoms with Crippen LogP contribution in [-0.4, -0.2) is 19.1 Å². The molecule has 1 fully saturated rings. The fourth-order valence-corrected chi connectivity index (χ4v) is 2.52. The second-order valence-electron chi connectivity index (χ2n) is 5.22. The summed E-state index contributed by atoms with van der Waals surface area (Å²) >= 11 is 0. The van der Waals surface area contributed by atoms with E-state index in [-0.39, 0.29) is 0 Å². The molecule has 2 N–H and O–H groups in total. The summed E-state index contributed by atoms with van der Waals surface area (Å²) in [6.45, 7) is 2.59. The largest absolute Gasteiger partial charge is 0.383 e. The van der Waals surface area contributed by atoms with E-state index in [0.29, 0.717) is 18.4 Å². The molecule has 0 unspecified atom stereocenters. The SMILES string of the molecule is C#CCn1c(CCC)nc(-c2cncn2C2CC2)c1N. The van der Waals surface area contributed by atoms with Crippen molar-refractivity contribution in [3.63, 3.8) is 0 Å². The first kappa shape index (κ1) is 12.8. The van der Waals surface area contributed by atoms with Crippen molar-refractivity contribution < 1.29 is 0 Å². The predicted octanol–water partition coefficient (Wildman–Crippen LogP) is 2.25. The smallest absolute Gasteiger partial charge is 0.134 e. The monoisotopic (exact) mass is 269 g/mol. The molecule has 2 aromatic heterocycles. The third kappa shape index (κ3) is 2.07. The van der Waals surface area contributed by atoms with Crippen LogP contribution in [0, 0.1) is 12.3 Å². The molecule has 0 saturated heterocycles. The highest BCUT2D eigenvalue weighted by molar-refractivity contribution is 5.68. The second kappa shape index (κ2) is 5.04. The number of anilines is 1. The highest BCUT2D eigenvalue weighted by atomic mass is 15.2. The zero-order valence-electron chi connectivity index (χ0n) is 11.7. The maximum Gasteiger partial charge on any atom is 0.134 e. The summed E-state index contributed by atoms with van der Waals surface area (Å²) in [6.07, 6.45) is 13.4. The summed E-state index contributed by atoms with van der Waals surface area (Å²) in [5.74, 6) is 4.26. The van der Waals surface area contributed by atoms with E-state index in [1.807, 2.05) is 17.1 Å². The predicted molar refractivity (Wildman–Crippen MR) is 79.0 cm³/mol. The van der Waals surface area contributed by atoms with Gasteiger partial charge in [-0.2, -0.15) is 0 Å². The Balaban J connectivity index is 2.06. The maximum absolute atomic E-state index is 6.26. The van der Waals surface area contributed by atoms with Crippen LogP contribution in [0.25, 0.3) is 11.4 Å².